The number of nitrogens with one attached hydrogen (secondary N) is 1. The molecule has 6 nitrogen and oxygen atoms in total. The van der Waals surface area contributed by atoms with Gasteiger partial charge >= 0.3 is 0 Å². The van der Waals surface area contributed by atoms with Crippen molar-refractivity contribution in [3.8, 4) is 11.3 Å². The van der Waals surface area contributed by atoms with Crippen molar-refractivity contribution < 1.29 is 4.79 Å². The second-order valence-corrected chi connectivity index (χ2v) is 7.97. The Morgan fingerprint density at radius 1 is 1.06 bits per heavy atom. The van der Waals surface area contributed by atoms with E-state index < -0.39 is 0 Å². The third-order valence-electron chi connectivity index (χ3n) is 5.86. The summed E-state index contributed by atoms with van der Waals surface area (Å²) >= 11 is 0. The molecule has 2 heterocycles. The highest BCUT2D eigenvalue weighted by Gasteiger charge is 2.14. The minimum Gasteiger partial charge on any atom is -0.269 e. The summed E-state index contributed by atoms with van der Waals surface area (Å²) in [5.74, 6) is -0.275. The van der Waals surface area contributed by atoms with Gasteiger partial charge in [0, 0.05) is 28.8 Å². The Bertz CT molecular complexity index is 1350. The molecular weight excluding hydrogens is 398 g/mol. The summed E-state index contributed by atoms with van der Waals surface area (Å²) in [4.78, 5) is 17.9. The number of hydrogen-bond donors (Lipinski definition) is 1. The molecule has 0 radical (unpaired) electrons. The summed E-state index contributed by atoms with van der Waals surface area (Å²) in [5, 5.41) is 9.50. The molecule has 0 atom stereocenters. The van der Waals surface area contributed by atoms with E-state index in [4.69, 9.17) is 4.98 Å². The fraction of sp³-hybridized carbons (Fsp3) is 0.231. The summed E-state index contributed by atoms with van der Waals surface area (Å²) in [6.45, 7) is 10.9. The van der Waals surface area contributed by atoms with Crippen molar-refractivity contribution in [1.82, 2.24) is 20.2 Å². The van der Waals surface area contributed by atoms with E-state index in [2.05, 4.69) is 41.6 Å². The van der Waals surface area contributed by atoms with Gasteiger partial charge in [0.1, 0.15) is 0 Å². The van der Waals surface area contributed by atoms with Crippen LogP contribution in [0.5, 0.6) is 0 Å². The summed E-state index contributed by atoms with van der Waals surface area (Å²) in [6, 6.07) is 15.7. The number of benzene rings is 2. The van der Waals surface area contributed by atoms with Crippen LogP contribution in [0.4, 0.5) is 0 Å². The predicted molar refractivity (Wildman–Crippen MR) is 129 cm³/mol. The van der Waals surface area contributed by atoms with Crippen molar-refractivity contribution in [2.75, 3.05) is 0 Å². The van der Waals surface area contributed by atoms with Gasteiger partial charge in [0.25, 0.3) is 5.91 Å². The van der Waals surface area contributed by atoms with Crippen molar-refractivity contribution in [2.45, 2.75) is 41.2 Å². The highest BCUT2D eigenvalue weighted by atomic mass is 16.2. The number of carbonyl (C=O) groups excluding carboxylic acids is 1. The quantitative estimate of drug-likeness (QED) is 0.356. The number of carbonyl (C=O) groups is 1. The Morgan fingerprint density at radius 2 is 1.84 bits per heavy atom. The lowest BCUT2D eigenvalue weighted by Gasteiger charge is -2.10. The zero-order valence-corrected chi connectivity index (χ0v) is 19.1. The largest absolute Gasteiger partial charge is 0.272 e. The number of nitrogens with zero attached hydrogens (tertiary/aromatic N) is 4. The zero-order valence-electron chi connectivity index (χ0n) is 19.1. The molecule has 1 amide bonds. The summed E-state index contributed by atoms with van der Waals surface area (Å²) < 4.78 is 1.92. The minimum atomic E-state index is -0.275. The smallest absolute Gasteiger partial charge is 0.269 e. The van der Waals surface area contributed by atoms with E-state index in [1.54, 1.807) is 6.21 Å². The van der Waals surface area contributed by atoms with E-state index >= 15 is 0 Å². The third kappa shape index (κ3) is 4.04. The van der Waals surface area contributed by atoms with Crippen LogP contribution >= 0.6 is 0 Å². The molecule has 0 unspecified atom stereocenters. The van der Waals surface area contributed by atoms with Gasteiger partial charge in [-0.25, -0.2) is 10.4 Å². The van der Waals surface area contributed by atoms with Gasteiger partial charge < -0.3 is 0 Å². The summed E-state index contributed by atoms with van der Waals surface area (Å²) in [6.07, 6.45) is 1.66. The first-order chi connectivity index (χ1) is 15.4. The molecule has 0 bridgehead atoms. The molecular formula is C26H27N5O. The van der Waals surface area contributed by atoms with E-state index in [1.807, 2.05) is 61.9 Å². The van der Waals surface area contributed by atoms with Crippen molar-refractivity contribution in [3.05, 3.63) is 82.2 Å². The highest BCUT2D eigenvalue weighted by Crippen LogP contribution is 2.26. The average Bonchev–Trinajstić information content (AvgIpc) is 3.07. The molecule has 1 N–H and O–H groups in total. The van der Waals surface area contributed by atoms with Gasteiger partial charge in [0.15, 0.2) is 0 Å². The Balaban J connectivity index is 1.69. The fourth-order valence-electron chi connectivity index (χ4n) is 3.83. The lowest BCUT2D eigenvalue weighted by atomic mass is 10.0. The molecule has 6 heteroatoms. The maximum atomic E-state index is 13.1. The third-order valence-corrected chi connectivity index (χ3v) is 5.86. The van der Waals surface area contributed by atoms with Crippen LogP contribution < -0.4 is 5.43 Å². The molecule has 0 aliphatic heterocycles. The topological polar surface area (TPSA) is 72.2 Å². The van der Waals surface area contributed by atoms with E-state index in [-0.39, 0.29) is 5.91 Å². The number of para-hydroxylation sites is 1. The maximum Gasteiger partial charge on any atom is 0.272 e. The molecule has 0 saturated heterocycles. The summed E-state index contributed by atoms with van der Waals surface area (Å²) in [7, 11) is 0. The number of hydrazone groups is 1. The van der Waals surface area contributed by atoms with Gasteiger partial charge in [-0.1, -0.05) is 30.3 Å². The van der Waals surface area contributed by atoms with Gasteiger partial charge in [0.05, 0.1) is 28.7 Å². The van der Waals surface area contributed by atoms with Gasteiger partial charge in [-0.2, -0.15) is 10.2 Å². The SMILES string of the molecule is CCn1nc(C)c(C=NNC(=O)c2cc(-c3ccc(C)c(C)c3)nc3ccccc23)c1C. The van der Waals surface area contributed by atoms with Crippen LogP contribution in [0.3, 0.4) is 0 Å². The standard InChI is InChI=1S/C26H27N5O/c1-6-31-19(5)23(18(4)30-31)15-27-29-26(32)22-14-25(20-12-11-16(2)17(3)13-20)28-24-10-8-7-9-21(22)24/h7-15H,6H2,1-5H3,(H,29,32). The molecule has 0 spiro atoms. The lowest BCUT2D eigenvalue weighted by Crippen LogP contribution is -2.18. The number of aryl methyl sites for hydroxylation is 4. The van der Waals surface area contributed by atoms with Gasteiger partial charge in [-0.05, 0) is 63.9 Å². The number of amides is 1. The monoisotopic (exact) mass is 425 g/mol. The Kier molecular flexibility index (Phi) is 5.86. The van der Waals surface area contributed by atoms with E-state index in [9.17, 15) is 4.79 Å². The maximum absolute atomic E-state index is 13.1. The molecule has 0 fully saturated rings. The molecule has 2 aromatic carbocycles. The van der Waals surface area contributed by atoms with Gasteiger partial charge in [-0.3, -0.25) is 9.48 Å². The Labute approximate surface area is 188 Å². The van der Waals surface area contributed by atoms with Gasteiger partial charge in [0.2, 0.25) is 0 Å². The van der Waals surface area contributed by atoms with Crippen molar-refractivity contribution in [1.29, 1.82) is 0 Å². The average molecular weight is 426 g/mol. The first-order valence-corrected chi connectivity index (χ1v) is 10.7. The Morgan fingerprint density at radius 3 is 2.56 bits per heavy atom. The van der Waals surface area contributed by atoms with Crippen LogP contribution in [0.25, 0.3) is 22.2 Å². The molecule has 4 rings (SSSR count). The van der Waals surface area contributed by atoms with Crippen LogP contribution in [-0.2, 0) is 6.54 Å². The van der Waals surface area contributed by atoms with Crippen LogP contribution in [0.2, 0.25) is 0 Å². The number of fused-ring (bicyclic) bond motifs is 1. The predicted octanol–water partition coefficient (Wildman–Crippen LogP) is 5.12. The van der Waals surface area contributed by atoms with Crippen LogP contribution in [0.15, 0.2) is 53.6 Å². The second kappa shape index (κ2) is 8.75. The van der Waals surface area contributed by atoms with Crippen molar-refractivity contribution in [3.63, 3.8) is 0 Å². The molecule has 0 saturated carbocycles. The fourth-order valence-corrected chi connectivity index (χ4v) is 3.83. The van der Waals surface area contributed by atoms with Crippen LogP contribution in [0, 0.1) is 27.7 Å². The number of hydrogen-bond acceptors (Lipinski definition) is 4. The molecule has 0 aliphatic carbocycles. The molecule has 2 aromatic heterocycles. The highest BCUT2D eigenvalue weighted by molar-refractivity contribution is 6.07. The molecule has 162 valence electrons. The van der Waals surface area contributed by atoms with Crippen molar-refractivity contribution in [2.24, 2.45) is 5.10 Å². The zero-order chi connectivity index (χ0) is 22.8. The van der Waals surface area contributed by atoms with Crippen LogP contribution in [-0.4, -0.2) is 26.9 Å². The first-order valence-electron chi connectivity index (χ1n) is 10.7. The number of aromatic nitrogens is 3. The second-order valence-electron chi connectivity index (χ2n) is 7.97. The Hall–Kier alpha value is -3.80. The number of rotatable bonds is 5. The molecule has 0 aliphatic rings. The lowest BCUT2D eigenvalue weighted by molar-refractivity contribution is 0.0956. The summed E-state index contributed by atoms with van der Waals surface area (Å²) in [5.41, 5.74) is 11.0. The van der Waals surface area contributed by atoms with E-state index in [1.165, 1.54) is 11.1 Å². The van der Waals surface area contributed by atoms with Gasteiger partial charge in [-0.15, -0.1) is 0 Å². The first kappa shape index (κ1) is 21.4. The molecule has 32 heavy (non-hydrogen) atoms. The molecule has 4 aromatic rings. The van der Waals surface area contributed by atoms with E-state index in [0.29, 0.717) is 5.56 Å². The van der Waals surface area contributed by atoms with Crippen LogP contribution in [0.1, 0.15) is 45.4 Å². The number of pyridine rings is 1. The van der Waals surface area contributed by atoms with E-state index in [0.717, 1.165) is 45.7 Å². The minimum absolute atomic E-state index is 0.275. The van der Waals surface area contributed by atoms with Crippen molar-refractivity contribution >= 4 is 23.0 Å². The normalized spacial score (nSPS) is 11.4.